The van der Waals surface area contributed by atoms with E-state index in [1.54, 1.807) is 12.1 Å². The Labute approximate surface area is 98.6 Å². The van der Waals surface area contributed by atoms with Crippen molar-refractivity contribution >= 4 is 5.97 Å². The fourth-order valence-electron chi connectivity index (χ4n) is 1.47. The Bertz CT molecular complexity index is 439. The molecule has 5 nitrogen and oxygen atoms in total. The first-order valence-electron chi connectivity index (χ1n) is 4.92. The molecule has 0 aliphatic heterocycles. The molecular weight excluding hydrogens is 224 g/mol. The van der Waals surface area contributed by atoms with Gasteiger partial charge < -0.3 is 20.1 Å². The summed E-state index contributed by atoms with van der Waals surface area (Å²) >= 11 is 0. The molecular formula is C12H14O5. The number of aliphatic hydroxyl groups is 1. The van der Waals surface area contributed by atoms with Gasteiger partial charge in [0.15, 0.2) is 17.6 Å². The number of aliphatic hydroxyl groups excluding tert-OH is 1. The Hall–Kier alpha value is -2.01. The van der Waals surface area contributed by atoms with Crippen LogP contribution in [0.2, 0.25) is 0 Å². The van der Waals surface area contributed by atoms with E-state index in [1.165, 1.54) is 13.2 Å². The molecule has 1 rings (SSSR count). The minimum atomic E-state index is -1.78. The summed E-state index contributed by atoms with van der Waals surface area (Å²) in [5, 5.41) is 27.9. The van der Waals surface area contributed by atoms with Gasteiger partial charge in [0.1, 0.15) is 0 Å². The third-order valence-corrected chi connectivity index (χ3v) is 2.29. The van der Waals surface area contributed by atoms with Crippen molar-refractivity contribution < 1.29 is 24.9 Å². The van der Waals surface area contributed by atoms with Crippen molar-refractivity contribution in [1.82, 2.24) is 0 Å². The van der Waals surface area contributed by atoms with E-state index < -0.39 is 12.1 Å². The SMILES string of the molecule is C=CCc1cc(OC)c(O)c(C(O)C(=O)O)c1. The summed E-state index contributed by atoms with van der Waals surface area (Å²) in [4.78, 5) is 10.7. The van der Waals surface area contributed by atoms with Crippen molar-refractivity contribution in [3.63, 3.8) is 0 Å². The van der Waals surface area contributed by atoms with Gasteiger partial charge in [0, 0.05) is 5.56 Å². The molecule has 0 saturated heterocycles. The number of benzene rings is 1. The number of carbonyl (C=O) groups is 1. The van der Waals surface area contributed by atoms with E-state index in [-0.39, 0.29) is 17.1 Å². The number of phenolic OH excluding ortho intramolecular Hbond substituents is 1. The summed E-state index contributed by atoms with van der Waals surface area (Å²) in [7, 11) is 1.35. The summed E-state index contributed by atoms with van der Waals surface area (Å²) < 4.78 is 4.91. The van der Waals surface area contributed by atoms with E-state index in [2.05, 4.69) is 6.58 Å². The van der Waals surface area contributed by atoms with Gasteiger partial charge in [-0.1, -0.05) is 6.08 Å². The number of ether oxygens (including phenoxy) is 1. The molecule has 1 unspecified atom stereocenters. The largest absolute Gasteiger partial charge is 0.504 e. The van der Waals surface area contributed by atoms with E-state index in [9.17, 15) is 15.0 Å². The Morgan fingerprint density at radius 1 is 1.59 bits per heavy atom. The maximum atomic E-state index is 10.7. The summed E-state index contributed by atoms with van der Waals surface area (Å²) in [6.07, 6.45) is 0.326. The summed E-state index contributed by atoms with van der Waals surface area (Å²) in [5.74, 6) is -1.67. The van der Waals surface area contributed by atoms with E-state index in [1.807, 2.05) is 0 Å². The minimum absolute atomic E-state index is 0.0892. The number of hydrogen-bond donors (Lipinski definition) is 3. The highest BCUT2D eigenvalue weighted by atomic mass is 16.5. The molecule has 0 fully saturated rings. The fourth-order valence-corrected chi connectivity index (χ4v) is 1.47. The Kier molecular flexibility index (Phi) is 4.12. The first-order chi connectivity index (χ1) is 8.01. The van der Waals surface area contributed by atoms with Crippen molar-refractivity contribution in [3.05, 3.63) is 35.9 Å². The van der Waals surface area contributed by atoms with Crippen LogP contribution in [0.25, 0.3) is 0 Å². The summed E-state index contributed by atoms with van der Waals surface area (Å²) in [5.41, 5.74) is 0.610. The maximum absolute atomic E-state index is 10.7. The molecule has 0 bridgehead atoms. The van der Waals surface area contributed by atoms with E-state index in [0.29, 0.717) is 12.0 Å². The quantitative estimate of drug-likeness (QED) is 0.672. The number of methoxy groups -OCH3 is 1. The van der Waals surface area contributed by atoms with Gasteiger partial charge in [-0.2, -0.15) is 0 Å². The predicted octanol–water partition coefficient (Wildman–Crippen LogP) is 1.25. The second-order valence-corrected chi connectivity index (χ2v) is 3.47. The van der Waals surface area contributed by atoms with Crippen LogP contribution in [0, 0.1) is 0 Å². The third-order valence-electron chi connectivity index (χ3n) is 2.29. The van der Waals surface area contributed by atoms with Crippen LogP contribution in [0.3, 0.4) is 0 Å². The monoisotopic (exact) mass is 238 g/mol. The standard InChI is InChI=1S/C12H14O5/c1-3-4-7-5-8(11(14)12(15)16)10(13)9(6-7)17-2/h3,5-6,11,13-14H,1,4H2,2H3,(H,15,16). The molecule has 1 atom stereocenters. The highest BCUT2D eigenvalue weighted by Crippen LogP contribution is 2.35. The molecule has 0 radical (unpaired) electrons. The molecule has 3 N–H and O–H groups in total. The van der Waals surface area contributed by atoms with Gasteiger partial charge in [0.2, 0.25) is 0 Å². The normalized spacial score (nSPS) is 11.9. The zero-order chi connectivity index (χ0) is 13.0. The number of allylic oxidation sites excluding steroid dienone is 1. The van der Waals surface area contributed by atoms with Crippen molar-refractivity contribution in [3.8, 4) is 11.5 Å². The number of phenols is 1. The van der Waals surface area contributed by atoms with E-state index in [0.717, 1.165) is 0 Å². The topological polar surface area (TPSA) is 87.0 Å². The Morgan fingerprint density at radius 3 is 2.71 bits per heavy atom. The van der Waals surface area contributed by atoms with Gasteiger partial charge in [-0.3, -0.25) is 0 Å². The van der Waals surface area contributed by atoms with Crippen LogP contribution in [0.1, 0.15) is 17.2 Å². The zero-order valence-electron chi connectivity index (χ0n) is 9.38. The first kappa shape index (κ1) is 13.1. The summed E-state index contributed by atoms with van der Waals surface area (Å²) in [6, 6.07) is 2.98. The Morgan fingerprint density at radius 2 is 2.24 bits per heavy atom. The number of aliphatic carboxylic acids is 1. The van der Waals surface area contributed by atoms with E-state index in [4.69, 9.17) is 9.84 Å². The maximum Gasteiger partial charge on any atom is 0.337 e. The second-order valence-electron chi connectivity index (χ2n) is 3.47. The van der Waals surface area contributed by atoms with Crippen LogP contribution in [0.4, 0.5) is 0 Å². The molecule has 17 heavy (non-hydrogen) atoms. The lowest BCUT2D eigenvalue weighted by Crippen LogP contribution is -2.11. The summed E-state index contributed by atoms with van der Waals surface area (Å²) in [6.45, 7) is 3.56. The molecule has 0 heterocycles. The lowest BCUT2D eigenvalue weighted by atomic mass is 10.0. The van der Waals surface area contributed by atoms with Gasteiger partial charge in [0.05, 0.1) is 7.11 Å². The van der Waals surface area contributed by atoms with Gasteiger partial charge >= 0.3 is 5.97 Å². The number of carboxylic acid groups (broad SMARTS) is 1. The molecule has 0 aliphatic rings. The van der Waals surface area contributed by atoms with Crippen LogP contribution in [0.15, 0.2) is 24.8 Å². The molecule has 0 saturated carbocycles. The molecule has 0 amide bonds. The fraction of sp³-hybridized carbons (Fsp3) is 0.250. The smallest absolute Gasteiger partial charge is 0.337 e. The third kappa shape index (κ3) is 2.76. The van der Waals surface area contributed by atoms with E-state index >= 15 is 0 Å². The highest BCUT2D eigenvalue weighted by Gasteiger charge is 2.22. The van der Waals surface area contributed by atoms with Gasteiger partial charge in [0.25, 0.3) is 0 Å². The van der Waals surface area contributed by atoms with Crippen LogP contribution < -0.4 is 4.74 Å². The molecule has 0 aromatic heterocycles. The second kappa shape index (κ2) is 5.36. The molecule has 5 heteroatoms. The molecule has 0 aliphatic carbocycles. The van der Waals surface area contributed by atoms with Crippen molar-refractivity contribution in [1.29, 1.82) is 0 Å². The van der Waals surface area contributed by atoms with Crippen molar-refractivity contribution in [2.24, 2.45) is 0 Å². The minimum Gasteiger partial charge on any atom is -0.504 e. The van der Waals surface area contributed by atoms with Gasteiger partial charge in [-0.15, -0.1) is 6.58 Å². The van der Waals surface area contributed by atoms with Crippen molar-refractivity contribution in [2.45, 2.75) is 12.5 Å². The van der Waals surface area contributed by atoms with Crippen LogP contribution in [-0.2, 0) is 11.2 Å². The van der Waals surface area contributed by atoms with Crippen molar-refractivity contribution in [2.75, 3.05) is 7.11 Å². The molecule has 0 spiro atoms. The molecule has 1 aromatic carbocycles. The number of rotatable bonds is 5. The average molecular weight is 238 g/mol. The average Bonchev–Trinajstić information content (AvgIpc) is 2.30. The Balaban J connectivity index is 3.31. The highest BCUT2D eigenvalue weighted by molar-refractivity contribution is 5.76. The predicted molar refractivity (Wildman–Crippen MR) is 61.2 cm³/mol. The number of aromatic hydroxyl groups is 1. The zero-order valence-corrected chi connectivity index (χ0v) is 9.38. The van der Waals surface area contributed by atoms with Crippen LogP contribution in [-0.4, -0.2) is 28.4 Å². The van der Waals surface area contributed by atoms with Gasteiger partial charge in [-0.25, -0.2) is 4.79 Å². The van der Waals surface area contributed by atoms with Crippen LogP contribution >= 0.6 is 0 Å². The first-order valence-corrected chi connectivity index (χ1v) is 4.92. The van der Waals surface area contributed by atoms with Gasteiger partial charge in [-0.05, 0) is 24.1 Å². The molecule has 1 aromatic rings. The lowest BCUT2D eigenvalue weighted by Gasteiger charge is -2.13. The lowest BCUT2D eigenvalue weighted by molar-refractivity contribution is -0.147. The molecule has 92 valence electrons. The number of hydrogen-bond acceptors (Lipinski definition) is 4. The van der Waals surface area contributed by atoms with Crippen LogP contribution in [0.5, 0.6) is 11.5 Å². The number of carboxylic acids is 1.